The third-order valence-electron chi connectivity index (χ3n) is 4.88. The van der Waals surface area contributed by atoms with Gasteiger partial charge < -0.3 is 0 Å². The van der Waals surface area contributed by atoms with Gasteiger partial charge in [-0.1, -0.05) is 89.1 Å². The highest BCUT2D eigenvalue weighted by atomic mass is 14.4. The average Bonchev–Trinajstić information content (AvgIpc) is 2.87. The lowest BCUT2D eigenvalue weighted by atomic mass is 9.73. The first-order valence-electron chi connectivity index (χ1n) is 9.35. The lowest BCUT2D eigenvalue weighted by Crippen LogP contribution is -2.23. The van der Waals surface area contributed by atoms with Crippen LogP contribution in [-0.4, -0.2) is 0 Å². The van der Waals surface area contributed by atoms with Gasteiger partial charge >= 0.3 is 0 Å². The summed E-state index contributed by atoms with van der Waals surface area (Å²) < 4.78 is 0. The Morgan fingerprint density at radius 3 is 1.30 bits per heavy atom. The minimum Gasteiger partial charge on any atom is -0.0683 e. The van der Waals surface area contributed by atoms with Gasteiger partial charge in [-0.25, -0.2) is 0 Å². The summed E-state index contributed by atoms with van der Waals surface area (Å²) in [6, 6.07) is 13.9. The van der Waals surface area contributed by atoms with Gasteiger partial charge in [0.2, 0.25) is 0 Å². The maximum absolute atomic E-state index is 2.40. The van der Waals surface area contributed by atoms with Crippen LogP contribution in [0.1, 0.15) is 76.6 Å². The summed E-state index contributed by atoms with van der Waals surface area (Å²) in [5.74, 6) is 0. The molecule has 126 valence electrons. The molecular weight excluding hydrogens is 276 g/mol. The fraction of sp³-hybridized carbons (Fsp3) is 0.478. The first-order valence-corrected chi connectivity index (χ1v) is 9.35. The van der Waals surface area contributed by atoms with Gasteiger partial charge in [0.1, 0.15) is 0 Å². The Kier molecular flexibility index (Phi) is 7.06. The van der Waals surface area contributed by atoms with Gasteiger partial charge in [-0.3, -0.25) is 0 Å². The van der Waals surface area contributed by atoms with Crippen LogP contribution in [0.25, 0.3) is 11.1 Å². The smallest absolute Gasteiger partial charge is 0.0210 e. The van der Waals surface area contributed by atoms with E-state index in [2.05, 4.69) is 64.1 Å². The van der Waals surface area contributed by atoms with Crippen LogP contribution in [0.3, 0.4) is 0 Å². The predicted octanol–water partition coefficient (Wildman–Crippen LogP) is 7.44. The number of hydrogen-bond donors (Lipinski definition) is 0. The molecule has 1 aliphatic rings. The van der Waals surface area contributed by atoms with Gasteiger partial charge in [-0.05, 0) is 48.9 Å². The highest BCUT2D eigenvalue weighted by Crippen LogP contribution is 2.52. The minimum atomic E-state index is 0.225. The molecule has 2 aromatic rings. The van der Waals surface area contributed by atoms with E-state index in [1.807, 2.05) is 27.7 Å². The second-order valence-electron chi connectivity index (χ2n) is 5.89. The fourth-order valence-electron chi connectivity index (χ4n) is 3.73. The molecule has 0 saturated carbocycles. The number of benzene rings is 2. The second kappa shape index (κ2) is 8.34. The van der Waals surface area contributed by atoms with Gasteiger partial charge in [0.15, 0.2) is 0 Å². The van der Waals surface area contributed by atoms with E-state index < -0.39 is 0 Å². The van der Waals surface area contributed by atoms with E-state index in [9.17, 15) is 0 Å². The van der Waals surface area contributed by atoms with Crippen LogP contribution in [0.15, 0.2) is 36.4 Å². The number of rotatable bonds is 2. The summed E-state index contributed by atoms with van der Waals surface area (Å²) >= 11 is 0. The van der Waals surface area contributed by atoms with Crippen LogP contribution in [0.5, 0.6) is 0 Å². The zero-order chi connectivity index (χ0) is 17.6. The Hall–Kier alpha value is -1.56. The first kappa shape index (κ1) is 19.5. The summed E-state index contributed by atoms with van der Waals surface area (Å²) in [5.41, 5.74) is 8.94. The lowest BCUT2D eigenvalue weighted by molar-refractivity contribution is 0.490. The lowest BCUT2D eigenvalue weighted by Gasteiger charge is -2.30. The van der Waals surface area contributed by atoms with Crippen molar-refractivity contribution in [1.29, 1.82) is 0 Å². The molecule has 0 amide bonds. The van der Waals surface area contributed by atoms with E-state index in [0.717, 1.165) is 0 Å². The number of aryl methyl sites for hydroxylation is 2. The molecule has 0 spiro atoms. The van der Waals surface area contributed by atoms with Crippen molar-refractivity contribution in [2.24, 2.45) is 0 Å². The zero-order valence-electron chi connectivity index (χ0n) is 16.4. The topological polar surface area (TPSA) is 0 Å². The van der Waals surface area contributed by atoms with E-state index in [4.69, 9.17) is 0 Å². The summed E-state index contributed by atoms with van der Waals surface area (Å²) in [4.78, 5) is 0. The quantitative estimate of drug-likeness (QED) is 0.540. The average molecular weight is 311 g/mol. The summed E-state index contributed by atoms with van der Waals surface area (Å²) in [7, 11) is 0. The largest absolute Gasteiger partial charge is 0.0683 e. The van der Waals surface area contributed by atoms with Crippen molar-refractivity contribution >= 4 is 0 Å². The van der Waals surface area contributed by atoms with Crippen molar-refractivity contribution in [3.05, 3.63) is 58.7 Å². The van der Waals surface area contributed by atoms with E-state index >= 15 is 0 Å². The standard InChI is InChI=1S/C19H22.2C2H6/c1-5-19(6-2)17-11-13(3)7-9-15(17)16-10-8-14(4)12-18(16)19;2*1-2/h7-12H,5-6H2,1-4H3;2*1-2H3. The Morgan fingerprint density at radius 1 is 0.652 bits per heavy atom. The highest BCUT2D eigenvalue weighted by Gasteiger charge is 2.40. The van der Waals surface area contributed by atoms with E-state index in [1.54, 1.807) is 0 Å². The molecule has 1 aliphatic carbocycles. The Labute approximate surface area is 144 Å². The molecule has 0 saturated heterocycles. The Bertz CT molecular complexity index is 577. The Balaban J connectivity index is 0.000000615. The maximum Gasteiger partial charge on any atom is 0.0210 e. The molecule has 0 aliphatic heterocycles. The normalized spacial score (nSPS) is 13.0. The van der Waals surface area contributed by atoms with Gasteiger partial charge in [0, 0.05) is 5.41 Å². The molecule has 0 nitrogen and oxygen atoms in total. The van der Waals surface area contributed by atoms with Crippen molar-refractivity contribution in [3.63, 3.8) is 0 Å². The second-order valence-corrected chi connectivity index (χ2v) is 5.89. The molecule has 0 heterocycles. The van der Waals surface area contributed by atoms with Crippen molar-refractivity contribution in [2.45, 2.75) is 73.6 Å². The van der Waals surface area contributed by atoms with E-state index in [0.29, 0.717) is 0 Å². The van der Waals surface area contributed by atoms with Crippen molar-refractivity contribution in [3.8, 4) is 11.1 Å². The molecule has 2 aromatic carbocycles. The minimum absolute atomic E-state index is 0.225. The van der Waals surface area contributed by atoms with Gasteiger partial charge in [-0.2, -0.15) is 0 Å². The van der Waals surface area contributed by atoms with Crippen LogP contribution in [0.4, 0.5) is 0 Å². The van der Waals surface area contributed by atoms with Crippen LogP contribution in [0.2, 0.25) is 0 Å². The van der Waals surface area contributed by atoms with Crippen LogP contribution in [-0.2, 0) is 5.41 Å². The van der Waals surface area contributed by atoms with Gasteiger partial charge in [-0.15, -0.1) is 0 Å². The third-order valence-corrected chi connectivity index (χ3v) is 4.88. The predicted molar refractivity (Wildman–Crippen MR) is 105 cm³/mol. The van der Waals surface area contributed by atoms with Crippen LogP contribution in [0, 0.1) is 13.8 Å². The molecule has 23 heavy (non-hydrogen) atoms. The molecule has 3 rings (SSSR count). The monoisotopic (exact) mass is 310 g/mol. The van der Waals surface area contributed by atoms with Crippen molar-refractivity contribution < 1.29 is 0 Å². The third kappa shape index (κ3) is 3.22. The molecular formula is C23H34. The van der Waals surface area contributed by atoms with Gasteiger partial charge in [0.25, 0.3) is 0 Å². The number of fused-ring (bicyclic) bond motifs is 3. The van der Waals surface area contributed by atoms with Crippen LogP contribution < -0.4 is 0 Å². The molecule has 0 aromatic heterocycles. The summed E-state index contributed by atoms with van der Waals surface area (Å²) in [6.45, 7) is 17.1. The molecule has 0 fully saturated rings. The Morgan fingerprint density at radius 2 is 1.00 bits per heavy atom. The number of hydrogen-bond acceptors (Lipinski definition) is 0. The summed E-state index contributed by atoms with van der Waals surface area (Å²) in [5, 5.41) is 0. The van der Waals surface area contributed by atoms with E-state index in [1.165, 1.54) is 46.2 Å². The SMILES string of the molecule is CC.CC.CCC1(CC)c2cc(C)ccc2-c2ccc(C)cc21. The molecule has 0 radical (unpaired) electrons. The maximum atomic E-state index is 2.40. The molecule has 0 N–H and O–H groups in total. The summed E-state index contributed by atoms with van der Waals surface area (Å²) in [6.07, 6.45) is 2.35. The molecule has 0 bridgehead atoms. The van der Waals surface area contributed by atoms with Gasteiger partial charge in [0.05, 0.1) is 0 Å². The fourth-order valence-corrected chi connectivity index (χ4v) is 3.73. The van der Waals surface area contributed by atoms with Crippen LogP contribution >= 0.6 is 0 Å². The molecule has 0 atom stereocenters. The first-order chi connectivity index (χ1) is 11.1. The van der Waals surface area contributed by atoms with Crippen molar-refractivity contribution in [1.82, 2.24) is 0 Å². The zero-order valence-corrected chi connectivity index (χ0v) is 16.4. The van der Waals surface area contributed by atoms with Crippen molar-refractivity contribution in [2.75, 3.05) is 0 Å². The molecule has 0 unspecified atom stereocenters. The highest BCUT2D eigenvalue weighted by molar-refractivity contribution is 5.81. The van der Waals surface area contributed by atoms with E-state index in [-0.39, 0.29) is 5.41 Å². The molecule has 0 heteroatoms.